The van der Waals surface area contributed by atoms with Crippen LogP contribution in [0.4, 0.5) is 10.1 Å². The summed E-state index contributed by atoms with van der Waals surface area (Å²) in [4.78, 5) is 12.0. The highest BCUT2D eigenvalue weighted by atomic mass is 19.1. The van der Waals surface area contributed by atoms with Gasteiger partial charge in [-0.2, -0.15) is 0 Å². The lowest BCUT2D eigenvalue weighted by molar-refractivity contribution is -0.386. The predicted octanol–water partition coefficient (Wildman–Crippen LogP) is 2.07. The zero-order valence-corrected chi connectivity index (χ0v) is 10.6. The lowest BCUT2D eigenvalue weighted by Crippen LogP contribution is -2.21. The Bertz CT molecular complexity index is 485. The van der Waals surface area contributed by atoms with Crippen LogP contribution in [-0.2, 0) is 0 Å². The summed E-state index contributed by atoms with van der Waals surface area (Å²) in [6.07, 6.45) is 5.75. The van der Waals surface area contributed by atoms with Gasteiger partial charge in [0, 0.05) is 12.6 Å². The molecule has 0 spiro atoms. The second kappa shape index (κ2) is 7.34. The lowest BCUT2D eigenvalue weighted by Gasteiger charge is -2.13. The largest absolute Gasteiger partial charge is 0.485 e. The molecule has 19 heavy (non-hydrogen) atoms. The van der Waals surface area contributed by atoms with Crippen molar-refractivity contribution >= 4 is 5.69 Å². The summed E-state index contributed by atoms with van der Waals surface area (Å²) in [6, 6.07) is 3.62. The molecule has 102 valence electrons. The molecule has 0 aliphatic carbocycles. The Labute approximate surface area is 111 Å². The molecule has 0 saturated carbocycles. The molecule has 6 heteroatoms. The number of terminal acetylenes is 1. The second-order valence-electron chi connectivity index (χ2n) is 3.99. The predicted molar refractivity (Wildman–Crippen MR) is 69.5 cm³/mol. The van der Waals surface area contributed by atoms with Crippen molar-refractivity contribution in [1.29, 1.82) is 0 Å². The first-order valence-electron chi connectivity index (χ1n) is 5.74. The van der Waals surface area contributed by atoms with Crippen molar-refractivity contribution in [2.75, 3.05) is 26.7 Å². The third-order valence-electron chi connectivity index (χ3n) is 2.43. The number of nitro groups is 1. The Kier molecular flexibility index (Phi) is 5.76. The molecule has 0 N–H and O–H groups in total. The number of halogens is 1. The average Bonchev–Trinajstić information content (AvgIpc) is 2.36. The molecule has 0 amide bonds. The molecule has 0 saturated heterocycles. The number of para-hydroxylation sites is 1. The highest BCUT2D eigenvalue weighted by molar-refractivity contribution is 5.46. The van der Waals surface area contributed by atoms with Crippen LogP contribution in [-0.4, -0.2) is 36.6 Å². The molecule has 0 heterocycles. The van der Waals surface area contributed by atoms with Crippen molar-refractivity contribution in [3.63, 3.8) is 0 Å². The van der Waals surface area contributed by atoms with Gasteiger partial charge in [-0.1, -0.05) is 12.0 Å². The zero-order valence-electron chi connectivity index (χ0n) is 10.6. The van der Waals surface area contributed by atoms with Gasteiger partial charge in [-0.3, -0.25) is 15.0 Å². The molecule has 0 aromatic heterocycles. The summed E-state index contributed by atoms with van der Waals surface area (Å²) < 4.78 is 18.6. The van der Waals surface area contributed by atoms with E-state index in [1.165, 1.54) is 12.1 Å². The molecule has 0 aliphatic heterocycles. The molecule has 0 atom stereocenters. The van der Waals surface area contributed by atoms with E-state index < -0.39 is 10.7 Å². The standard InChI is InChI=1S/C13H15FN2O3/c1-3-8-15(2)9-5-10-19-13-11(14)6-4-7-12(13)16(17)18/h1,4,6-7H,5,8-10H2,2H3. The van der Waals surface area contributed by atoms with Crippen LogP contribution in [0.15, 0.2) is 18.2 Å². The molecule has 1 aromatic carbocycles. The van der Waals surface area contributed by atoms with Crippen LogP contribution in [0.2, 0.25) is 0 Å². The van der Waals surface area contributed by atoms with E-state index in [1.807, 2.05) is 11.9 Å². The number of ether oxygens (including phenoxy) is 1. The van der Waals surface area contributed by atoms with Crippen LogP contribution in [0.5, 0.6) is 5.75 Å². The van der Waals surface area contributed by atoms with Crippen LogP contribution in [0.3, 0.4) is 0 Å². The number of hydrogen-bond donors (Lipinski definition) is 0. The van der Waals surface area contributed by atoms with Crippen molar-refractivity contribution in [3.8, 4) is 18.1 Å². The molecule has 5 nitrogen and oxygen atoms in total. The van der Waals surface area contributed by atoms with E-state index in [0.717, 1.165) is 6.07 Å². The van der Waals surface area contributed by atoms with Gasteiger partial charge in [0.05, 0.1) is 18.1 Å². The normalized spacial score (nSPS) is 10.2. The lowest BCUT2D eigenvalue weighted by atomic mass is 10.3. The highest BCUT2D eigenvalue weighted by Gasteiger charge is 2.19. The molecule has 0 radical (unpaired) electrons. The van der Waals surface area contributed by atoms with E-state index in [-0.39, 0.29) is 18.0 Å². The molecule has 1 rings (SSSR count). The van der Waals surface area contributed by atoms with Gasteiger partial charge in [0.1, 0.15) is 0 Å². The SMILES string of the molecule is C#CCN(C)CCCOc1c(F)cccc1[N+](=O)[O-]. The van der Waals surface area contributed by atoms with Gasteiger partial charge in [0.25, 0.3) is 0 Å². The van der Waals surface area contributed by atoms with Gasteiger partial charge in [0.15, 0.2) is 5.82 Å². The molecule has 0 fully saturated rings. The monoisotopic (exact) mass is 266 g/mol. The van der Waals surface area contributed by atoms with Crippen molar-refractivity contribution in [3.05, 3.63) is 34.1 Å². The summed E-state index contributed by atoms with van der Waals surface area (Å²) >= 11 is 0. The fourth-order valence-corrected chi connectivity index (χ4v) is 1.53. The van der Waals surface area contributed by atoms with E-state index in [2.05, 4.69) is 5.92 Å². The third-order valence-corrected chi connectivity index (χ3v) is 2.43. The van der Waals surface area contributed by atoms with E-state index in [4.69, 9.17) is 11.2 Å². The summed E-state index contributed by atoms with van der Waals surface area (Å²) in [6.45, 7) is 1.38. The minimum absolute atomic E-state index is 0.191. The van der Waals surface area contributed by atoms with E-state index in [0.29, 0.717) is 19.5 Å². The van der Waals surface area contributed by atoms with Gasteiger partial charge < -0.3 is 4.74 Å². The number of nitrogens with zero attached hydrogens (tertiary/aromatic N) is 2. The second-order valence-corrected chi connectivity index (χ2v) is 3.99. The Morgan fingerprint density at radius 3 is 2.95 bits per heavy atom. The van der Waals surface area contributed by atoms with Crippen LogP contribution >= 0.6 is 0 Å². The Morgan fingerprint density at radius 2 is 2.32 bits per heavy atom. The number of rotatable bonds is 7. The van der Waals surface area contributed by atoms with Crippen molar-refractivity contribution in [2.24, 2.45) is 0 Å². The van der Waals surface area contributed by atoms with Gasteiger partial charge in [-0.05, 0) is 19.5 Å². The molecular weight excluding hydrogens is 251 g/mol. The van der Waals surface area contributed by atoms with Crippen LogP contribution in [0.25, 0.3) is 0 Å². The minimum Gasteiger partial charge on any atom is -0.485 e. The Balaban J connectivity index is 2.54. The molecule has 0 aliphatic rings. The first-order valence-corrected chi connectivity index (χ1v) is 5.74. The maximum atomic E-state index is 13.5. The molecule has 0 unspecified atom stereocenters. The van der Waals surface area contributed by atoms with E-state index >= 15 is 0 Å². The topological polar surface area (TPSA) is 55.6 Å². The number of nitro benzene ring substituents is 1. The van der Waals surface area contributed by atoms with Gasteiger partial charge in [-0.25, -0.2) is 4.39 Å². The first-order chi connectivity index (χ1) is 9.06. The summed E-state index contributed by atoms with van der Waals surface area (Å²) in [7, 11) is 1.85. The zero-order chi connectivity index (χ0) is 14.3. The molecule has 0 bridgehead atoms. The van der Waals surface area contributed by atoms with Crippen LogP contribution in [0.1, 0.15) is 6.42 Å². The van der Waals surface area contributed by atoms with E-state index in [9.17, 15) is 14.5 Å². The average molecular weight is 266 g/mol. The fraction of sp³-hybridized carbons (Fsp3) is 0.385. The van der Waals surface area contributed by atoms with Crippen molar-refractivity contribution < 1.29 is 14.1 Å². The van der Waals surface area contributed by atoms with Gasteiger partial charge in [-0.15, -0.1) is 6.42 Å². The summed E-state index contributed by atoms with van der Waals surface area (Å²) in [5.74, 6) is 1.45. The molecule has 1 aromatic rings. The van der Waals surface area contributed by atoms with Gasteiger partial charge >= 0.3 is 5.69 Å². The van der Waals surface area contributed by atoms with E-state index in [1.54, 1.807) is 0 Å². The Morgan fingerprint density at radius 1 is 1.58 bits per heavy atom. The van der Waals surface area contributed by atoms with Gasteiger partial charge in [0.2, 0.25) is 5.75 Å². The Hall–Kier alpha value is -2.13. The fourth-order valence-electron chi connectivity index (χ4n) is 1.53. The number of hydrogen-bond acceptors (Lipinski definition) is 4. The maximum absolute atomic E-state index is 13.5. The van der Waals surface area contributed by atoms with Crippen molar-refractivity contribution in [2.45, 2.75) is 6.42 Å². The van der Waals surface area contributed by atoms with Crippen molar-refractivity contribution in [1.82, 2.24) is 4.90 Å². The molecular formula is C13H15FN2O3. The minimum atomic E-state index is -0.730. The summed E-state index contributed by atoms with van der Waals surface area (Å²) in [5.41, 5.74) is -0.364. The summed E-state index contributed by atoms with van der Waals surface area (Å²) in [5, 5.41) is 10.7. The third kappa shape index (κ3) is 4.56. The number of benzene rings is 1. The first kappa shape index (κ1) is 14.9. The van der Waals surface area contributed by atoms with Crippen LogP contribution in [0, 0.1) is 28.3 Å². The highest BCUT2D eigenvalue weighted by Crippen LogP contribution is 2.29. The smallest absolute Gasteiger partial charge is 0.314 e. The quantitative estimate of drug-likeness (QED) is 0.328. The van der Waals surface area contributed by atoms with Crippen LogP contribution < -0.4 is 4.74 Å². The maximum Gasteiger partial charge on any atom is 0.314 e.